The molecule has 1 aromatic heterocycles. The lowest BCUT2D eigenvalue weighted by Crippen LogP contribution is -3.08. The molecule has 1 unspecified atom stereocenters. The molecule has 126 valence electrons. The summed E-state index contributed by atoms with van der Waals surface area (Å²) in [6.45, 7) is 5.90. The largest absolute Gasteiger partial charge is 0.396 e. The van der Waals surface area contributed by atoms with Crippen molar-refractivity contribution in [1.82, 2.24) is 0 Å². The third-order valence-corrected chi connectivity index (χ3v) is 4.33. The Labute approximate surface area is 138 Å². The Morgan fingerprint density at radius 2 is 1.96 bits per heavy atom. The van der Waals surface area contributed by atoms with E-state index in [4.69, 9.17) is 5.11 Å². The number of hydrogen-bond donors (Lipinski definition) is 4. The number of H-pyrrole nitrogens is 1. The van der Waals surface area contributed by atoms with Crippen LogP contribution in [0.25, 0.3) is 0 Å². The zero-order valence-electron chi connectivity index (χ0n) is 14.3. The first-order chi connectivity index (χ1) is 11.2. The van der Waals surface area contributed by atoms with E-state index in [1.165, 1.54) is 16.0 Å². The number of hydrogen-bond acceptors (Lipinski definition) is 4. The first-order valence-electron chi connectivity index (χ1n) is 8.62. The summed E-state index contributed by atoms with van der Waals surface area (Å²) in [5, 5.41) is 25.4. The van der Waals surface area contributed by atoms with Gasteiger partial charge in [0.1, 0.15) is 18.2 Å². The predicted octanol–water partition coefficient (Wildman–Crippen LogP) is -0.0505. The van der Waals surface area contributed by atoms with Gasteiger partial charge in [0.25, 0.3) is 0 Å². The maximum atomic E-state index is 9.62. The molecule has 6 nitrogen and oxygen atoms in total. The minimum Gasteiger partial charge on any atom is -0.396 e. The highest BCUT2D eigenvalue weighted by molar-refractivity contribution is 5.60. The Bertz CT molecular complexity index is 567. The Balaban J connectivity index is 2.35. The Kier molecular flexibility index (Phi) is 6.63. The van der Waals surface area contributed by atoms with Crippen LogP contribution >= 0.6 is 0 Å². The van der Waals surface area contributed by atoms with Crippen LogP contribution in [0.3, 0.4) is 0 Å². The molecule has 1 atom stereocenters. The zero-order valence-corrected chi connectivity index (χ0v) is 14.3. The van der Waals surface area contributed by atoms with Crippen molar-refractivity contribution in [3.63, 3.8) is 0 Å². The number of anilines is 2. The number of fused-ring (bicyclic) bond motifs is 1. The van der Waals surface area contributed by atoms with Crippen LogP contribution in [0.1, 0.15) is 42.9 Å². The first-order valence-corrected chi connectivity index (χ1v) is 8.62. The van der Waals surface area contributed by atoms with E-state index in [9.17, 15) is 5.26 Å². The summed E-state index contributed by atoms with van der Waals surface area (Å²) in [6, 6.07) is 2.37. The SMILES string of the molecule is CCCCNc1[nH+]c(NCCCO)c(C#N)c2c1C[NH+](C)CC2. The van der Waals surface area contributed by atoms with Crippen LogP contribution in [-0.4, -0.2) is 38.4 Å². The average molecular weight is 319 g/mol. The molecule has 2 rings (SSSR count). The molecule has 0 saturated carbocycles. The minimum atomic E-state index is 0.148. The van der Waals surface area contributed by atoms with Crippen molar-refractivity contribution in [3.05, 3.63) is 16.7 Å². The number of rotatable bonds is 8. The van der Waals surface area contributed by atoms with E-state index in [2.05, 4.69) is 35.7 Å². The summed E-state index contributed by atoms with van der Waals surface area (Å²) >= 11 is 0. The predicted molar refractivity (Wildman–Crippen MR) is 90.5 cm³/mol. The van der Waals surface area contributed by atoms with Gasteiger partial charge in [-0.1, -0.05) is 13.3 Å². The summed E-state index contributed by atoms with van der Waals surface area (Å²) in [6.07, 6.45) is 3.87. The second kappa shape index (κ2) is 8.70. The van der Waals surface area contributed by atoms with Crippen LogP contribution in [0, 0.1) is 11.3 Å². The molecule has 1 aliphatic heterocycles. The van der Waals surface area contributed by atoms with E-state index in [0.29, 0.717) is 13.0 Å². The number of likely N-dealkylation sites (N-methyl/N-ethyl adjacent to an activating group) is 1. The van der Waals surface area contributed by atoms with Crippen molar-refractivity contribution in [1.29, 1.82) is 5.26 Å². The number of aliphatic hydroxyl groups is 1. The highest BCUT2D eigenvalue weighted by atomic mass is 16.3. The maximum absolute atomic E-state index is 9.62. The number of aliphatic hydroxyl groups excluding tert-OH is 1. The first kappa shape index (κ1) is 17.5. The summed E-state index contributed by atoms with van der Waals surface area (Å²) in [4.78, 5) is 4.86. The van der Waals surface area contributed by atoms with Crippen molar-refractivity contribution in [3.8, 4) is 6.07 Å². The molecule has 0 spiro atoms. The van der Waals surface area contributed by atoms with Gasteiger partial charge in [0.2, 0.25) is 11.6 Å². The number of aromatic amines is 1. The molecular formula is C17H29N5O+2. The van der Waals surface area contributed by atoms with Gasteiger partial charge >= 0.3 is 0 Å². The third-order valence-electron chi connectivity index (χ3n) is 4.33. The lowest BCUT2D eigenvalue weighted by Gasteiger charge is -2.24. The van der Waals surface area contributed by atoms with Crippen molar-refractivity contribution >= 4 is 11.6 Å². The molecule has 0 bridgehead atoms. The molecule has 1 aliphatic rings. The van der Waals surface area contributed by atoms with Gasteiger partial charge < -0.3 is 20.6 Å². The molecule has 2 heterocycles. The van der Waals surface area contributed by atoms with Gasteiger partial charge in [-0.3, -0.25) is 0 Å². The van der Waals surface area contributed by atoms with Crippen molar-refractivity contribution < 1.29 is 15.0 Å². The quantitative estimate of drug-likeness (QED) is 0.506. The standard InChI is InChI=1S/C17H27N5O/c1-3-4-7-19-17-15-12-22(2)9-6-13(15)14(11-18)16(21-17)20-8-5-10-23/h23H,3-10,12H2,1-2H3,(H2,19,20,21)/p+2. The van der Waals surface area contributed by atoms with Gasteiger partial charge in [-0.15, -0.1) is 0 Å². The fraction of sp³-hybridized carbons (Fsp3) is 0.647. The lowest BCUT2D eigenvalue weighted by atomic mass is 9.96. The van der Waals surface area contributed by atoms with Crippen LogP contribution < -0.4 is 20.5 Å². The number of nitrogens with one attached hydrogen (secondary N) is 4. The second-order valence-corrected chi connectivity index (χ2v) is 6.24. The molecule has 0 aromatic carbocycles. The third kappa shape index (κ3) is 4.34. The van der Waals surface area contributed by atoms with Crippen molar-refractivity contribution in [2.75, 3.05) is 43.9 Å². The summed E-state index contributed by atoms with van der Waals surface area (Å²) in [5.41, 5.74) is 3.14. The molecule has 0 saturated heterocycles. The normalized spacial score (nSPS) is 16.5. The highest BCUT2D eigenvalue weighted by Gasteiger charge is 2.28. The van der Waals surface area contributed by atoms with E-state index in [1.54, 1.807) is 0 Å². The Hall–Kier alpha value is -1.84. The van der Waals surface area contributed by atoms with Gasteiger partial charge in [-0.2, -0.15) is 5.26 Å². The maximum Gasteiger partial charge on any atom is 0.237 e. The van der Waals surface area contributed by atoms with Gasteiger partial charge in [0.15, 0.2) is 0 Å². The summed E-state index contributed by atoms with van der Waals surface area (Å²) in [5.74, 6) is 1.82. The smallest absolute Gasteiger partial charge is 0.237 e. The summed E-state index contributed by atoms with van der Waals surface area (Å²) < 4.78 is 0. The van der Waals surface area contributed by atoms with Crippen molar-refractivity contribution in [2.24, 2.45) is 0 Å². The molecule has 5 N–H and O–H groups in total. The fourth-order valence-electron chi connectivity index (χ4n) is 3.00. The van der Waals surface area contributed by atoms with E-state index in [-0.39, 0.29) is 6.61 Å². The molecule has 1 aromatic rings. The number of nitriles is 1. The molecular weight excluding hydrogens is 290 g/mol. The molecule has 6 heteroatoms. The van der Waals surface area contributed by atoms with Crippen LogP contribution in [0.5, 0.6) is 0 Å². The van der Waals surface area contributed by atoms with Gasteiger partial charge in [-0.05, 0) is 12.0 Å². The van der Waals surface area contributed by atoms with Gasteiger partial charge in [-0.25, -0.2) is 4.98 Å². The number of pyridine rings is 1. The zero-order chi connectivity index (χ0) is 16.7. The lowest BCUT2D eigenvalue weighted by molar-refractivity contribution is -0.895. The average Bonchev–Trinajstić information content (AvgIpc) is 2.55. The van der Waals surface area contributed by atoms with Crippen LogP contribution in [0.15, 0.2) is 0 Å². The molecule has 0 aliphatic carbocycles. The Morgan fingerprint density at radius 1 is 1.22 bits per heavy atom. The van der Waals surface area contributed by atoms with E-state index in [1.807, 2.05) is 0 Å². The van der Waals surface area contributed by atoms with Crippen LogP contribution in [0.2, 0.25) is 0 Å². The Morgan fingerprint density at radius 3 is 2.65 bits per heavy atom. The molecule has 0 fully saturated rings. The number of nitrogens with zero attached hydrogens (tertiary/aromatic N) is 1. The van der Waals surface area contributed by atoms with E-state index >= 15 is 0 Å². The van der Waals surface area contributed by atoms with E-state index in [0.717, 1.165) is 56.1 Å². The number of aromatic nitrogens is 1. The minimum absolute atomic E-state index is 0.148. The van der Waals surface area contributed by atoms with E-state index < -0.39 is 0 Å². The number of unbranched alkanes of at least 4 members (excludes halogenated alkanes) is 1. The van der Waals surface area contributed by atoms with Gasteiger partial charge in [0, 0.05) is 19.4 Å². The molecule has 23 heavy (non-hydrogen) atoms. The summed E-state index contributed by atoms with van der Waals surface area (Å²) in [7, 11) is 2.19. The second-order valence-electron chi connectivity index (χ2n) is 6.24. The highest BCUT2D eigenvalue weighted by Crippen LogP contribution is 2.25. The fourth-order valence-corrected chi connectivity index (χ4v) is 3.00. The van der Waals surface area contributed by atoms with Crippen molar-refractivity contribution in [2.45, 2.75) is 39.2 Å². The van der Waals surface area contributed by atoms with Crippen LogP contribution in [0.4, 0.5) is 11.6 Å². The molecule has 0 radical (unpaired) electrons. The topological polar surface area (TPSA) is 86.7 Å². The monoisotopic (exact) mass is 319 g/mol. The molecule has 0 amide bonds. The van der Waals surface area contributed by atoms with Crippen LogP contribution in [-0.2, 0) is 13.0 Å². The number of quaternary nitrogens is 1. The van der Waals surface area contributed by atoms with Gasteiger partial charge in [0.05, 0.1) is 32.2 Å².